The first kappa shape index (κ1) is 15.3. The first-order valence-corrected chi connectivity index (χ1v) is 8.95. The van der Waals surface area contributed by atoms with E-state index in [1.54, 1.807) is 0 Å². The van der Waals surface area contributed by atoms with E-state index < -0.39 is 5.79 Å². The van der Waals surface area contributed by atoms with Crippen LogP contribution >= 0.6 is 0 Å². The third kappa shape index (κ3) is 2.17. The second-order valence-electron chi connectivity index (χ2n) is 8.42. The molecule has 1 aliphatic heterocycles. The zero-order valence-electron chi connectivity index (χ0n) is 14.7. The molecule has 2 saturated carbocycles. The number of rotatable bonds is 2. The lowest BCUT2D eigenvalue weighted by atomic mass is 9.63. The molecule has 3 aliphatic rings. The lowest BCUT2D eigenvalue weighted by Crippen LogP contribution is -2.42. The van der Waals surface area contributed by atoms with Crippen molar-refractivity contribution in [3.63, 3.8) is 0 Å². The molecule has 132 valence electrons. The summed E-state index contributed by atoms with van der Waals surface area (Å²) in [6.07, 6.45) is 7.10. The van der Waals surface area contributed by atoms with E-state index in [1.165, 1.54) is 11.9 Å². The highest BCUT2D eigenvalue weighted by molar-refractivity contribution is 5.85. The molecule has 2 N–H and O–H groups in total. The van der Waals surface area contributed by atoms with Gasteiger partial charge in [-0.2, -0.15) is 0 Å². The van der Waals surface area contributed by atoms with E-state index in [9.17, 15) is 0 Å². The molecule has 0 bridgehead atoms. The Morgan fingerprint density at radius 2 is 2.12 bits per heavy atom. The summed E-state index contributed by atoms with van der Waals surface area (Å²) in [5, 5.41) is 0.910. The van der Waals surface area contributed by atoms with Crippen LogP contribution in [-0.4, -0.2) is 32.5 Å². The minimum absolute atomic E-state index is 0.125. The summed E-state index contributed by atoms with van der Waals surface area (Å²) in [7, 11) is 0. The second kappa shape index (κ2) is 4.83. The maximum atomic E-state index is 6.32. The van der Waals surface area contributed by atoms with Crippen LogP contribution in [0.25, 0.3) is 11.0 Å². The Morgan fingerprint density at radius 1 is 1.32 bits per heavy atom. The van der Waals surface area contributed by atoms with Gasteiger partial charge in [-0.05, 0) is 39.2 Å². The zero-order chi connectivity index (χ0) is 17.4. The zero-order valence-corrected chi connectivity index (χ0v) is 14.7. The van der Waals surface area contributed by atoms with Gasteiger partial charge in [0.1, 0.15) is 17.8 Å². The van der Waals surface area contributed by atoms with Crippen LogP contribution in [0.5, 0.6) is 0 Å². The molecule has 25 heavy (non-hydrogen) atoms. The molecule has 6 nitrogen and oxygen atoms in total. The van der Waals surface area contributed by atoms with Crippen LogP contribution in [0.4, 0.5) is 5.82 Å². The third-order valence-electron chi connectivity index (χ3n) is 6.09. The topological polar surface area (TPSA) is 75.2 Å². The Kier molecular flexibility index (Phi) is 2.96. The van der Waals surface area contributed by atoms with Crippen molar-refractivity contribution in [2.24, 2.45) is 11.3 Å². The molecule has 3 atom stereocenters. The number of fused-ring (bicyclic) bond motifs is 3. The molecule has 0 aromatic carbocycles. The average Bonchev–Trinajstić information content (AvgIpc) is 3.13. The maximum absolute atomic E-state index is 6.32. The summed E-state index contributed by atoms with van der Waals surface area (Å²) < 4.78 is 14.8. The SMILES string of the molecule is C=C1CC2(C1)C[C@@H](Cn1ccc3c(N)ncnc31)[C@@H]1OC(C)(C)O[C@@H]12. The van der Waals surface area contributed by atoms with Crippen LogP contribution in [0.1, 0.15) is 33.1 Å². The molecule has 3 fully saturated rings. The second-order valence-corrected chi connectivity index (χ2v) is 8.42. The van der Waals surface area contributed by atoms with Crippen LogP contribution in [0.15, 0.2) is 30.7 Å². The van der Waals surface area contributed by atoms with Gasteiger partial charge in [-0.1, -0.05) is 12.2 Å². The number of hydrogen-bond acceptors (Lipinski definition) is 5. The van der Waals surface area contributed by atoms with E-state index in [0.717, 1.165) is 36.8 Å². The van der Waals surface area contributed by atoms with Crippen molar-refractivity contribution in [3.05, 3.63) is 30.7 Å². The Labute approximate surface area is 147 Å². The molecule has 1 saturated heterocycles. The molecule has 2 aromatic rings. The smallest absolute Gasteiger partial charge is 0.163 e. The van der Waals surface area contributed by atoms with Crippen LogP contribution in [0.3, 0.4) is 0 Å². The third-order valence-corrected chi connectivity index (χ3v) is 6.09. The van der Waals surface area contributed by atoms with E-state index in [4.69, 9.17) is 15.2 Å². The number of anilines is 1. The molecule has 3 heterocycles. The Balaban J connectivity index is 1.47. The lowest BCUT2D eigenvalue weighted by Gasteiger charge is -2.44. The largest absolute Gasteiger partial charge is 0.383 e. The van der Waals surface area contributed by atoms with Crippen molar-refractivity contribution < 1.29 is 9.47 Å². The molecule has 2 aliphatic carbocycles. The molecule has 0 radical (unpaired) electrons. The first-order valence-electron chi connectivity index (χ1n) is 8.95. The predicted molar refractivity (Wildman–Crippen MR) is 94.7 cm³/mol. The normalized spacial score (nSPS) is 32.2. The van der Waals surface area contributed by atoms with Gasteiger partial charge >= 0.3 is 0 Å². The summed E-state index contributed by atoms with van der Waals surface area (Å²) in [5.41, 5.74) is 8.40. The quantitative estimate of drug-likeness (QED) is 0.851. The Hall–Kier alpha value is -1.92. The van der Waals surface area contributed by atoms with Crippen LogP contribution < -0.4 is 5.73 Å². The Morgan fingerprint density at radius 3 is 2.88 bits per heavy atom. The fourth-order valence-electron chi connectivity index (χ4n) is 5.24. The van der Waals surface area contributed by atoms with Crippen molar-refractivity contribution in [1.29, 1.82) is 0 Å². The van der Waals surface area contributed by atoms with Gasteiger partial charge in [0.25, 0.3) is 0 Å². The number of nitrogens with two attached hydrogens (primary N) is 1. The minimum atomic E-state index is -0.511. The first-order chi connectivity index (χ1) is 11.9. The molecular formula is C19H24N4O2. The van der Waals surface area contributed by atoms with Crippen molar-refractivity contribution in [2.45, 2.75) is 57.6 Å². The number of ether oxygens (including phenoxy) is 2. The van der Waals surface area contributed by atoms with E-state index in [2.05, 4.69) is 27.3 Å². The van der Waals surface area contributed by atoms with Gasteiger partial charge in [-0.15, -0.1) is 0 Å². The highest BCUT2D eigenvalue weighted by Gasteiger charge is 2.63. The summed E-state index contributed by atoms with van der Waals surface area (Å²) in [4.78, 5) is 8.50. The highest BCUT2D eigenvalue weighted by atomic mass is 16.8. The standard InChI is InChI=1S/C19H24N4O2/c1-11-6-19(7-11)8-12(14-15(19)25-18(2,3)24-14)9-23-5-4-13-16(20)21-10-22-17(13)23/h4-5,10,12,14-15H,1,6-9H2,2-3H3,(H2,20,21,22)/t12-,14-,15-/m0/s1. The molecule has 0 amide bonds. The van der Waals surface area contributed by atoms with Gasteiger partial charge in [0.05, 0.1) is 17.6 Å². The van der Waals surface area contributed by atoms with Gasteiger partial charge in [-0.25, -0.2) is 9.97 Å². The van der Waals surface area contributed by atoms with Gasteiger partial charge < -0.3 is 19.8 Å². The number of allylic oxidation sites excluding steroid dienone is 1. The number of nitrogen functional groups attached to an aromatic ring is 1. The summed E-state index contributed by atoms with van der Waals surface area (Å²) in [5.74, 6) is 0.413. The Bertz CT molecular complexity index is 863. The summed E-state index contributed by atoms with van der Waals surface area (Å²) in [6.45, 7) is 9.04. The van der Waals surface area contributed by atoms with E-state index in [1.807, 2.05) is 19.9 Å². The van der Waals surface area contributed by atoms with Crippen LogP contribution in [-0.2, 0) is 16.0 Å². The van der Waals surface area contributed by atoms with Crippen molar-refractivity contribution in [3.8, 4) is 0 Å². The highest BCUT2D eigenvalue weighted by Crippen LogP contribution is 2.62. The lowest BCUT2D eigenvalue weighted by molar-refractivity contribution is -0.174. The van der Waals surface area contributed by atoms with Gasteiger partial charge in [0.2, 0.25) is 0 Å². The fraction of sp³-hybridized carbons (Fsp3) is 0.579. The summed E-state index contributed by atoms with van der Waals surface area (Å²) >= 11 is 0. The minimum Gasteiger partial charge on any atom is -0.383 e. The summed E-state index contributed by atoms with van der Waals surface area (Å²) in [6, 6.07) is 1.99. The van der Waals surface area contributed by atoms with Crippen LogP contribution in [0.2, 0.25) is 0 Å². The molecule has 6 heteroatoms. The van der Waals surface area contributed by atoms with E-state index in [0.29, 0.717) is 11.7 Å². The maximum Gasteiger partial charge on any atom is 0.163 e. The van der Waals surface area contributed by atoms with E-state index in [-0.39, 0.29) is 17.6 Å². The fourth-order valence-corrected chi connectivity index (χ4v) is 5.24. The van der Waals surface area contributed by atoms with Crippen molar-refractivity contribution in [1.82, 2.24) is 14.5 Å². The number of aromatic nitrogens is 3. The average molecular weight is 340 g/mol. The number of hydrogen-bond donors (Lipinski definition) is 1. The molecular weight excluding hydrogens is 316 g/mol. The van der Waals surface area contributed by atoms with E-state index >= 15 is 0 Å². The van der Waals surface area contributed by atoms with Gasteiger partial charge in [0, 0.05) is 24.1 Å². The van der Waals surface area contributed by atoms with Gasteiger partial charge in [0.15, 0.2) is 5.79 Å². The molecule has 5 rings (SSSR count). The molecule has 2 aromatic heterocycles. The van der Waals surface area contributed by atoms with Crippen LogP contribution in [0, 0.1) is 11.3 Å². The molecule has 0 unspecified atom stereocenters. The predicted octanol–water partition coefficient (Wildman–Crippen LogP) is 2.89. The number of nitrogens with zero attached hydrogens (tertiary/aromatic N) is 3. The van der Waals surface area contributed by atoms with Crippen molar-refractivity contribution >= 4 is 16.9 Å². The van der Waals surface area contributed by atoms with Gasteiger partial charge in [-0.3, -0.25) is 0 Å². The molecule has 1 spiro atoms. The van der Waals surface area contributed by atoms with Crippen molar-refractivity contribution in [2.75, 3.05) is 5.73 Å². The monoisotopic (exact) mass is 340 g/mol.